The number of benzene rings is 1. The largest absolute Gasteiger partial charge is 0.353 e. The molecule has 0 saturated carbocycles. The summed E-state index contributed by atoms with van der Waals surface area (Å²) in [5, 5.41) is 1.38. The first-order valence-electron chi connectivity index (χ1n) is 8.52. The maximum Gasteiger partial charge on any atom is 0.0598 e. The number of rotatable bonds is 6. The summed E-state index contributed by atoms with van der Waals surface area (Å²) in [5.74, 6) is 0.521. The molecule has 3 heteroatoms. The van der Waals surface area contributed by atoms with E-state index in [4.69, 9.17) is 5.73 Å². The molecule has 0 spiro atoms. The Morgan fingerprint density at radius 1 is 1.13 bits per heavy atom. The predicted molar refractivity (Wildman–Crippen MR) is 102 cm³/mol. The van der Waals surface area contributed by atoms with Gasteiger partial charge in [-0.1, -0.05) is 32.0 Å². The van der Waals surface area contributed by atoms with E-state index in [1.54, 1.807) is 0 Å². The third-order valence-electron chi connectivity index (χ3n) is 4.46. The lowest BCUT2D eigenvalue weighted by atomic mass is 9.97. The summed E-state index contributed by atoms with van der Waals surface area (Å²) in [6.07, 6.45) is 3.32. The SMILES string of the molecule is Cc1ccc(-c2[nH]c3c(C(C)C)cccc3c2CCCCN)s1. The number of thiophene rings is 1. The molecule has 122 valence electrons. The Kier molecular flexibility index (Phi) is 4.88. The molecule has 0 saturated heterocycles. The molecule has 0 atom stereocenters. The van der Waals surface area contributed by atoms with Crippen molar-refractivity contribution >= 4 is 22.2 Å². The molecule has 2 aromatic heterocycles. The van der Waals surface area contributed by atoms with Crippen LogP contribution in [0.15, 0.2) is 30.3 Å². The van der Waals surface area contributed by atoms with Gasteiger partial charge >= 0.3 is 0 Å². The minimum absolute atomic E-state index is 0.521. The van der Waals surface area contributed by atoms with Gasteiger partial charge in [-0.15, -0.1) is 11.3 Å². The highest BCUT2D eigenvalue weighted by atomic mass is 32.1. The fourth-order valence-corrected chi connectivity index (χ4v) is 4.16. The highest BCUT2D eigenvalue weighted by Gasteiger charge is 2.17. The number of hydrogen-bond acceptors (Lipinski definition) is 2. The molecule has 0 fully saturated rings. The summed E-state index contributed by atoms with van der Waals surface area (Å²) in [5.41, 5.74) is 11.2. The van der Waals surface area contributed by atoms with Crippen molar-refractivity contribution in [2.75, 3.05) is 6.54 Å². The molecule has 0 aliphatic carbocycles. The van der Waals surface area contributed by atoms with E-state index in [1.165, 1.54) is 37.5 Å². The van der Waals surface area contributed by atoms with Gasteiger partial charge in [0, 0.05) is 15.8 Å². The number of H-pyrrole nitrogens is 1. The van der Waals surface area contributed by atoms with Crippen molar-refractivity contribution in [2.24, 2.45) is 5.73 Å². The summed E-state index contributed by atoms with van der Waals surface area (Å²) >= 11 is 1.87. The zero-order valence-electron chi connectivity index (χ0n) is 14.3. The normalized spacial score (nSPS) is 11.7. The van der Waals surface area contributed by atoms with Gasteiger partial charge in [0.25, 0.3) is 0 Å². The number of aromatic nitrogens is 1. The number of nitrogens with one attached hydrogen (secondary N) is 1. The molecule has 0 bridgehead atoms. The molecule has 3 aromatic rings. The first-order chi connectivity index (χ1) is 11.1. The van der Waals surface area contributed by atoms with Gasteiger partial charge in [0.2, 0.25) is 0 Å². The van der Waals surface area contributed by atoms with Crippen LogP contribution in [0.4, 0.5) is 0 Å². The zero-order chi connectivity index (χ0) is 16.4. The van der Waals surface area contributed by atoms with Crippen molar-refractivity contribution in [1.82, 2.24) is 4.98 Å². The predicted octanol–water partition coefficient (Wildman–Crippen LogP) is 5.61. The maximum atomic E-state index is 5.69. The topological polar surface area (TPSA) is 41.8 Å². The third kappa shape index (κ3) is 3.22. The molecule has 1 aromatic carbocycles. The lowest BCUT2D eigenvalue weighted by molar-refractivity contribution is 0.748. The number of nitrogens with two attached hydrogens (primary N) is 1. The Morgan fingerprint density at radius 2 is 1.96 bits per heavy atom. The molecule has 0 unspecified atom stereocenters. The van der Waals surface area contributed by atoms with Crippen LogP contribution >= 0.6 is 11.3 Å². The summed E-state index contributed by atoms with van der Waals surface area (Å²) in [6.45, 7) is 7.47. The Balaban J connectivity index is 2.16. The lowest BCUT2D eigenvalue weighted by Gasteiger charge is -2.07. The van der Waals surface area contributed by atoms with Gasteiger partial charge in [-0.05, 0) is 61.9 Å². The molecule has 23 heavy (non-hydrogen) atoms. The number of fused-ring (bicyclic) bond motifs is 1. The van der Waals surface area contributed by atoms with E-state index in [0.29, 0.717) is 5.92 Å². The van der Waals surface area contributed by atoms with Crippen molar-refractivity contribution < 1.29 is 0 Å². The first-order valence-corrected chi connectivity index (χ1v) is 9.33. The third-order valence-corrected chi connectivity index (χ3v) is 5.48. The Bertz CT molecular complexity index is 795. The van der Waals surface area contributed by atoms with Gasteiger partial charge in [0.15, 0.2) is 0 Å². The fourth-order valence-electron chi connectivity index (χ4n) is 3.26. The number of aromatic amines is 1. The van der Waals surface area contributed by atoms with E-state index in [9.17, 15) is 0 Å². The van der Waals surface area contributed by atoms with E-state index >= 15 is 0 Å². The van der Waals surface area contributed by atoms with Crippen molar-refractivity contribution in [2.45, 2.75) is 46.0 Å². The summed E-state index contributed by atoms with van der Waals surface area (Å²) in [7, 11) is 0. The number of unbranched alkanes of at least 4 members (excludes halogenated alkanes) is 1. The van der Waals surface area contributed by atoms with Crippen LogP contribution in [0.3, 0.4) is 0 Å². The monoisotopic (exact) mass is 326 g/mol. The smallest absolute Gasteiger partial charge is 0.0598 e. The summed E-state index contributed by atoms with van der Waals surface area (Å²) in [4.78, 5) is 6.45. The maximum absolute atomic E-state index is 5.69. The van der Waals surface area contributed by atoms with E-state index in [1.807, 2.05) is 11.3 Å². The average molecular weight is 327 g/mol. The molecule has 0 aliphatic rings. The highest BCUT2D eigenvalue weighted by molar-refractivity contribution is 7.15. The van der Waals surface area contributed by atoms with Crippen LogP contribution in [0.5, 0.6) is 0 Å². The van der Waals surface area contributed by atoms with Crippen LogP contribution < -0.4 is 5.73 Å². The van der Waals surface area contributed by atoms with E-state index < -0.39 is 0 Å². The molecular formula is C20H26N2S. The minimum Gasteiger partial charge on any atom is -0.353 e. The molecular weight excluding hydrogens is 300 g/mol. The van der Waals surface area contributed by atoms with Gasteiger partial charge < -0.3 is 10.7 Å². The van der Waals surface area contributed by atoms with E-state index in [0.717, 1.165) is 25.8 Å². The summed E-state index contributed by atoms with van der Waals surface area (Å²) in [6, 6.07) is 11.2. The second-order valence-electron chi connectivity index (χ2n) is 6.56. The Morgan fingerprint density at radius 3 is 2.61 bits per heavy atom. The van der Waals surface area contributed by atoms with Crippen LogP contribution in [-0.4, -0.2) is 11.5 Å². The minimum atomic E-state index is 0.521. The fraction of sp³-hybridized carbons (Fsp3) is 0.400. The second-order valence-corrected chi connectivity index (χ2v) is 7.85. The molecule has 2 heterocycles. The second kappa shape index (κ2) is 6.90. The van der Waals surface area contributed by atoms with E-state index in [-0.39, 0.29) is 0 Å². The molecule has 0 aliphatic heterocycles. The van der Waals surface area contributed by atoms with Gasteiger partial charge in [0.1, 0.15) is 0 Å². The highest BCUT2D eigenvalue weighted by Crippen LogP contribution is 2.37. The van der Waals surface area contributed by atoms with Crippen molar-refractivity contribution in [1.29, 1.82) is 0 Å². The number of hydrogen-bond donors (Lipinski definition) is 2. The van der Waals surface area contributed by atoms with Gasteiger partial charge in [-0.2, -0.15) is 0 Å². The average Bonchev–Trinajstić information content (AvgIpc) is 3.11. The van der Waals surface area contributed by atoms with Crippen LogP contribution in [-0.2, 0) is 6.42 Å². The molecule has 2 nitrogen and oxygen atoms in total. The van der Waals surface area contributed by atoms with Crippen LogP contribution in [0, 0.1) is 6.92 Å². The van der Waals surface area contributed by atoms with Gasteiger partial charge in [-0.25, -0.2) is 0 Å². The molecule has 3 rings (SSSR count). The molecule has 0 amide bonds. The molecule has 3 N–H and O–H groups in total. The van der Waals surface area contributed by atoms with Gasteiger partial charge in [0.05, 0.1) is 10.6 Å². The van der Waals surface area contributed by atoms with Gasteiger partial charge in [-0.3, -0.25) is 0 Å². The zero-order valence-corrected chi connectivity index (χ0v) is 15.1. The quantitative estimate of drug-likeness (QED) is 0.568. The standard InChI is InChI=1S/C20H26N2S/c1-13(2)15-8-6-9-16-17(7-4-5-12-21)20(22-19(15)16)18-11-10-14(3)23-18/h6,8-11,13,22H,4-5,7,12,21H2,1-3H3. The number of para-hydroxylation sites is 1. The van der Waals surface area contributed by atoms with Crippen LogP contribution in [0.1, 0.15) is 48.6 Å². The van der Waals surface area contributed by atoms with Crippen LogP contribution in [0.25, 0.3) is 21.5 Å². The van der Waals surface area contributed by atoms with Crippen molar-refractivity contribution in [3.63, 3.8) is 0 Å². The van der Waals surface area contributed by atoms with E-state index in [2.05, 4.69) is 56.1 Å². The Hall–Kier alpha value is -1.58. The first kappa shape index (κ1) is 16.3. The Labute approximate surface area is 142 Å². The number of aryl methyl sites for hydroxylation is 2. The lowest BCUT2D eigenvalue weighted by Crippen LogP contribution is -1.99. The van der Waals surface area contributed by atoms with Crippen molar-refractivity contribution in [3.05, 3.63) is 46.3 Å². The van der Waals surface area contributed by atoms with Crippen LogP contribution in [0.2, 0.25) is 0 Å². The molecule has 0 radical (unpaired) electrons. The summed E-state index contributed by atoms with van der Waals surface area (Å²) < 4.78 is 0. The van der Waals surface area contributed by atoms with Crippen molar-refractivity contribution in [3.8, 4) is 10.6 Å².